The molecule has 4 fully saturated rings. The van der Waals surface area contributed by atoms with Gasteiger partial charge in [-0.1, -0.05) is 61.5 Å². The Balaban J connectivity index is 1.38. The van der Waals surface area contributed by atoms with E-state index in [2.05, 4.69) is 31.4 Å². The molecule has 5 heterocycles. The first-order valence-electron chi connectivity index (χ1n) is 22.6. The van der Waals surface area contributed by atoms with Gasteiger partial charge in [0.2, 0.25) is 0 Å². The van der Waals surface area contributed by atoms with Gasteiger partial charge in [0.05, 0.1) is 53.7 Å². The van der Waals surface area contributed by atoms with Crippen molar-refractivity contribution < 1.29 is 53.4 Å². The number of hydrogen-bond donors (Lipinski definition) is 5. The molecular formula is C45H75ClN2O11. The second-order valence-corrected chi connectivity index (χ2v) is 19.4. The highest BCUT2D eigenvalue weighted by Gasteiger charge is 2.63. The van der Waals surface area contributed by atoms with E-state index in [1.807, 2.05) is 53.7 Å². The normalized spacial score (nSPS) is 42.5. The van der Waals surface area contributed by atoms with Crippen molar-refractivity contribution in [3.63, 3.8) is 0 Å². The van der Waals surface area contributed by atoms with Gasteiger partial charge in [0, 0.05) is 42.5 Å². The summed E-state index contributed by atoms with van der Waals surface area (Å²) in [4.78, 5) is 39.7. The van der Waals surface area contributed by atoms with Gasteiger partial charge >= 0.3 is 12.0 Å². The number of hydrogen-bond acceptors (Lipinski definition) is 10. The third-order valence-electron chi connectivity index (χ3n) is 15.1. The number of nitrogens with one attached hydrogen (secondary N) is 2. The Bertz CT molecular complexity index is 1500. The summed E-state index contributed by atoms with van der Waals surface area (Å²) in [6.45, 7) is 19.9. The summed E-state index contributed by atoms with van der Waals surface area (Å²) in [5.74, 6) is -5.78. The summed E-state index contributed by atoms with van der Waals surface area (Å²) >= 11 is 5.88. The molecule has 0 aromatic rings. The third kappa shape index (κ3) is 9.72. The number of ketones is 1. The predicted octanol–water partition coefficient (Wildman–Crippen LogP) is 6.73. The van der Waals surface area contributed by atoms with Crippen molar-refractivity contribution in [2.24, 2.45) is 41.4 Å². The van der Waals surface area contributed by atoms with Crippen LogP contribution in [0.5, 0.6) is 0 Å². The Morgan fingerprint density at radius 3 is 2.22 bits per heavy atom. The standard InChI is InChI=1S/C45H75ClN2O11/c1-11-31(40(51)52)33-15-14-25(4)38(56-33)29(8)36(49)28(7)37(50)32(12-2)39-26(5)24-27(6)44(57-39)19-16-34(48-41(53)47-23-22-46)45(59-44)21-20-42(10,58-45)35-17-18-43(54,13-3)30(9)55-35/h16,19,25-36,38-39,49,54H,11-15,17-18,20-24H2,1-10H3,(H,51,52)(H2,47,48,53)/t25-,26-,27+,28-,29-,30-,31+,32-,33+,34-,35+,36+,38+,39-,42-,43+,44-,45-/m0/s1. The molecule has 338 valence electrons. The molecule has 0 aromatic carbocycles. The topological polar surface area (TPSA) is 182 Å². The van der Waals surface area contributed by atoms with Crippen LogP contribution in [0.4, 0.5) is 4.79 Å². The summed E-state index contributed by atoms with van der Waals surface area (Å²) in [6.07, 6.45) is 6.41. The number of aliphatic carboxylic acids is 1. The number of carbonyl (C=O) groups excluding carboxylic acids is 2. The summed E-state index contributed by atoms with van der Waals surface area (Å²) < 4.78 is 34.3. The van der Waals surface area contributed by atoms with E-state index in [-0.39, 0.29) is 42.1 Å². The molecule has 0 aliphatic carbocycles. The maximum atomic E-state index is 14.6. The number of amides is 2. The van der Waals surface area contributed by atoms with Crippen LogP contribution in [-0.4, -0.2) is 111 Å². The summed E-state index contributed by atoms with van der Waals surface area (Å²) in [7, 11) is 0. The zero-order valence-electron chi connectivity index (χ0n) is 37.2. The lowest BCUT2D eigenvalue weighted by atomic mass is 9.72. The number of rotatable bonds is 15. The SMILES string of the molecule is CC[C@@H](C(=O)[C@@H](C)[C@@H](O)[C@H](C)[C@@H]1O[C@@H]([C@@H](CC)C(=O)O)CC[C@@H]1C)[C@H]1O[C@]2(C=C[C@H](NC(=O)NCCCl)[C@]3(CC[C@@](C)([C@H]4CC[C@](O)(CC)[C@H](C)O4)O3)O2)[C@H](C)C[C@@H]1C. The quantitative estimate of drug-likeness (QED) is 0.0870. The van der Waals surface area contributed by atoms with Crippen LogP contribution in [-0.2, 0) is 33.3 Å². The highest BCUT2D eigenvalue weighted by Crippen LogP contribution is 2.54. The highest BCUT2D eigenvalue weighted by atomic mass is 35.5. The number of urea groups is 1. The monoisotopic (exact) mass is 855 g/mol. The number of aliphatic hydroxyl groups excluding tert-OH is 1. The van der Waals surface area contributed by atoms with Crippen LogP contribution in [0.15, 0.2) is 12.2 Å². The van der Waals surface area contributed by atoms with Crippen LogP contribution in [0.25, 0.3) is 0 Å². The minimum atomic E-state index is -1.34. The van der Waals surface area contributed by atoms with E-state index in [9.17, 15) is 29.7 Å². The van der Waals surface area contributed by atoms with E-state index in [1.165, 1.54) is 0 Å². The fourth-order valence-corrected chi connectivity index (χ4v) is 11.1. The number of carboxylic acid groups (broad SMARTS) is 1. The molecule has 59 heavy (non-hydrogen) atoms. The molecule has 0 bridgehead atoms. The lowest BCUT2D eigenvalue weighted by Gasteiger charge is -2.55. The first-order chi connectivity index (χ1) is 27.7. The van der Waals surface area contributed by atoms with E-state index in [1.54, 1.807) is 6.92 Å². The van der Waals surface area contributed by atoms with E-state index in [0.717, 1.165) is 6.42 Å². The van der Waals surface area contributed by atoms with Gasteiger partial charge in [0.1, 0.15) is 11.8 Å². The fraction of sp³-hybridized carbons (Fsp3) is 0.889. The van der Waals surface area contributed by atoms with Gasteiger partial charge in [-0.05, 0) is 89.5 Å². The zero-order chi connectivity index (χ0) is 43.7. The van der Waals surface area contributed by atoms with E-state index in [0.29, 0.717) is 57.8 Å². The second kappa shape index (κ2) is 19.3. The van der Waals surface area contributed by atoms with Crippen molar-refractivity contribution in [1.29, 1.82) is 0 Å². The number of carbonyl (C=O) groups is 3. The van der Waals surface area contributed by atoms with Crippen LogP contribution >= 0.6 is 11.6 Å². The average Bonchev–Trinajstić information content (AvgIpc) is 3.54. The number of aliphatic hydroxyl groups is 2. The van der Waals surface area contributed by atoms with E-state index in [4.69, 9.17) is 35.3 Å². The lowest BCUT2D eigenvalue weighted by Crippen LogP contribution is -2.66. The Morgan fingerprint density at radius 1 is 0.915 bits per heavy atom. The third-order valence-corrected chi connectivity index (χ3v) is 15.3. The number of Topliss-reactive ketones (excluding diaryl/α,β-unsaturated/α-hetero) is 1. The summed E-state index contributed by atoms with van der Waals surface area (Å²) in [6, 6.07) is -1.11. The number of halogens is 1. The molecule has 0 unspecified atom stereocenters. The first-order valence-corrected chi connectivity index (χ1v) is 23.1. The van der Waals surface area contributed by atoms with Crippen molar-refractivity contribution in [1.82, 2.24) is 10.6 Å². The first kappa shape index (κ1) is 48.2. The van der Waals surface area contributed by atoms with Crippen molar-refractivity contribution in [3.05, 3.63) is 12.2 Å². The van der Waals surface area contributed by atoms with E-state index < -0.39 is 95.0 Å². The molecule has 5 aliphatic heterocycles. The molecule has 0 radical (unpaired) electrons. The largest absolute Gasteiger partial charge is 0.481 e. The van der Waals surface area contributed by atoms with Gasteiger partial charge in [0.25, 0.3) is 0 Å². The summed E-state index contributed by atoms with van der Waals surface area (Å²) in [5, 5.41) is 38.7. The molecular weight excluding hydrogens is 780 g/mol. The molecule has 4 saturated heterocycles. The fourth-order valence-electron chi connectivity index (χ4n) is 11.0. The maximum absolute atomic E-state index is 14.6. The van der Waals surface area contributed by atoms with Gasteiger partial charge in [-0.3, -0.25) is 9.59 Å². The van der Waals surface area contributed by atoms with E-state index >= 15 is 0 Å². The smallest absolute Gasteiger partial charge is 0.315 e. The molecule has 2 spiro atoms. The Hall–Kier alpha value is -1.84. The van der Waals surface area contributed by atoms with Crippen molar-refractivity contribution in [3.8, 4) is 0 Å². The maximum Gasteiger partial charge on any atom is 0.315 e. The molecule has 0 saturated carbocycles. The van der Waals surface area contributed by atoms with Gasteiger partial charge in [-0.25, -0.2) is 4.79 Å². The van der Waals surface area contributed by atoms with Crippen molar-refractivity contribution >= 4 is 29.4 Å². The average molecular weight is 856 g/mol. The van der Waals surface area contributed by atoms with Crippen LogP contribution < -0.4 is 10.6 Å². The zero-order valence-corrected chi connectivity index (χ0v) is 38.0. The lowest BCUT2D eigenvalue weighted by molar-refractivity contribution is -0.397. The van der Waals surface area contributed by atoms with Crippen LogP contribution in [0, 0.1) is 41.4 Å². The molecule has 18 atom stereocenters. The van der Waals surface area contributed by atoms with Crippen LogP contribution in [0.3, 0.4) is 0 Å². The minimum Gasteiger partial charge on any atom is -0.481 e. The van der Waals surface area contributed by atoms with Gasteiger partial charge in [-0.2, -0.15) is 0 Å². The van der Waals surface area contributed by atoms with Crippen molar-refractivity contribution in [2.75, 3.05) is 12.4 Å². The number of alkyl halides is 1. The Kier molecular flexibility index (Phi) is 15.7. The number of ether oxygens (including phenoxy) is 5. The summed E-state index contributed by atoms with van der Waals surface area (Å²) in [5.41, 5.74) is -1.72. The van der Waals surface area contributed by atoms with Gasteiger partial charge < -0.3 is 49.6 Å². The highest BCUT2D eigenvalue weighted by molar-refractivity contribution is 6.18. The number of carboxylic acids is 1. The molecule has 5 rings (SSSR count). The Labute approximate surface area is 357 Å². The van der Waals surface area contributed by atoms with Crippen LogP contribution in [0.1, 0.15) is 133 Å². The molecule has 5 aliphatic rings. The van der Waals surface area contributed by atoms with Gasteiger partial charge in [0.15, 0.2) is 11.6 Å². The molecule has 5 N–H and O–H groups in total. The van der Waals surface area contributed by atoms with Crippen molar-refractivity contribution in [2.45, 2.75) is 199 Å². The predicted molar refractivity (Wildman–Crippen MR) is 224 cm³/mol. The van der Waals surface area contributed by atoms with Gasteiger partial charge in [-0.15, -0.1) is 11.6 Å². The molecule has 2 amide bonds. The Morgan fingerprint density at radius 2 is 1.61 bits per heavy atom. The molecule has 13 nitrogen and oxygen atoms in total. The second-order valence-electron chi connectivity index (χ2n) is 19.0. The van der Waals surface area contributed by atoms with Crippen LogP contribution in [0.2, 0.25) is 0 Å². The molecule has 14 heteroatoms. The molecule has 0 aromatic heterocycles. The minimum absolute atomic E-state index is 0.0231.